The van der Waals surface area contributed by atoms with Crippen molar-refractivity contribution in [1.29, 1.82) is 0 Å². The Balaban J connectivity index is 2.00. The number of rotatable bonds is 3. The van der Waals surface area contributed by atoms with Crippen LogP contribution >= 0.6 is 11.3 Å². The van der Waals surface area contributed by atoms with E-state index in [0.717, 1.165) is 17.7 Å². The van der Waals surface area contributed by atoms with Crippen LogP contribution in [0.4, 0.5) is 0 Å². The summed E-state index contributed by atoms with van der Waals surface area (Å²) in [7, 11) is 0. The summed E-state index contributed by atoms with van der Waals surface area (Å²) in [6.07, 6.45) is 4.43. The van der Waals surface area contributed by atoms with Gasteiger partial charge in [-0.3, -0.25) is 0 Å². The molecule has 0 radical (unpaired) electrons. The quantitative estimate of drug-likeness (QED) is 0.806. The topological polar surface area (TPSA) is 46.2 Å². The van der Waals surface area contributed by atoms with Crippen LogP contribution in [0.1, 0.15) is 36.6 Å². The number of aliphatic hydroxyl groups excluding tert-OH is 1. The number of thiophene rings is 1. The van der Waals surface area contributed by atoms with E-state index in [1.807, 2.05) is 17.5 Å². The van der Waals surface area contributed by atoms with Gasteiger partial charge in [0.2, 0.25) is 0 Å². The molecule has 0 bridgehead atoms. The van der Waals surface area contributed by atoms with Gasteiger partial charge in [-0.1, -0.05) is 18.9 Å². The average molecular weight is 211 g/mol. The third-order valence-corrected chi connectivity index (χ3v) is 4.10. The molecule has 1 aliphatic rings. The van der Waals surface area contributed by atoms with Crippen molar-refractivity contribution in [3.8, 4) is 0 Å². The number of hydrogen-bond acceptors (Lipinski definition) is 3. The maximum atomic E-state index is 10.1. The molecule has 0 aliphatic heterocycles. The third kappa shape index (κ3) is 2.00. The molecule has 3 heteroatoms. The minimum absolute atomic E-state index is 0.182. The van der Waals surface area contributed by atoms with Crippen LogP contribution in [0.2, 0.25) is 0 Å². The van der Waals surface area contributed by atoms with Gasteiger partial charge in [-0.25, -0.2) is 0 Å². The first-order valence-corrected chi connectivity index (χ1v) is 6.14. The molecule has 2 rings (SSSR count). The van der Waals surface area contributed by atoms with Crippen molar-refractivity contribution in [2.45, 2.75) is 37.8 Å². The zero-order valence-electron chi connectivity index (χ0n) is 8.23. The lowest BCUT2D eigenvalue weighted by molar-refractivity contribution is 0.0856. The smallest absolute Gasteiger partial charge is 0.0768 e. The Morgan fingerprint density at radius 2 is 2.14 bits per heavy atom. The monoisotopic (exact) mass is 211 g/mol. The zero-order chi connectivity index (χ0) is 9.97. The number of aliphatic hydroxyl groups is 1. The van der Waals surface area contributed by atoms with E-state index in [0.29, 0.717) is 5.92 Å². The van der Waals surface area contributed by atoms with Crippen LogP contribution in [0.15, 0.2) is 17.5 Å². The van der Waals surface area contributed by atoms with E-state index in [1.54, 1.807) is 11.3 Å². The first-order chi connectivity index (χ1) is 6.79. The van der Waals surface area contributed by atoms with Crippen molar-refractivity contribution < 1.29 is 5.11 Å². The highest BCUT2D eigenvalue weighted by Crippen LogP contribution is 2.33. The molecule has 1 aromatic rings. The molecule has 1 heterocycles. The molecule has 3 N–H and O–H groups in total. The van der Waals surface area contributed by atoms with Gasteiger partial charge in [-0.15, -0.1) is 11.3 Å². The van der Waals surface area contributed by atoms with Gasteiger partial charge in [0.05, 0.1) is 12.1 Å². The van der Waals surface area contributed by atoms with Crippen LogP contribution in [-0.2, 0) is 0 Å². The largest absolute Gasteiger partial charge is 0.391 e. The summed E-state index contributed by atoms with van der Waals surface area (Å²) in [5.74, 6) is 0.423. The first kappa shape index (κ1) is 10.1. The third-order valence-electron chi connectivity index (χ3n) is 3.12. The van der Waals surface area contributed by atoms with Crippen LogP contribution in [-0.4, -0.2) is 11.2 Å². The maximum Gasteiger partial charge on any atom is 0.0768 e. The molecule has 0 saturated heterocycles. The second-order valence-corrected chi connectivity index (χ2v) is 5.06. The zero-order valence-corrected chi connectivity index (χ0v) is 9.04. The fraction of sp³-hybridized carbons (Fsp3) is 0.636. The van der Waals surface area contributed by atoms with Crippen molar-refractivity contribution in [3.63, 3.8) is 0 Å². The van der Waals surface area contributed by atoms with E-state index in [4.69, 9.17) is 5.73 Å². The van der Waals surface area contributed by atoms with Crippen molar-refractivity contribution in [2.24, 2.45) is 11.7 Å². The average Bonchev–Trinajstić information content (AvgIpc) is 2.87. The Kier molecular flexibility index (Phi) is 3.21. The van der Waals surface area contributed by atoms with Gasteiger partial charge in [-0.05, 0) is 30.2 Å². The van der Waals surface area contributed by atoms with Crippen molar-refractivity contribution in [2.75, 3.05) is 0 Å². The predicted octanol–water partition coefficient (Wildman–Crippen LogP) is 2.30. The second-order valence-electron chi connectivity index (χ2n) is 4.08. The lowest BCUT2D eigenvalue weighted by Crippen LogP contribution is -2.31. The van der Waals surface area contributed by atoms with Crippen LogP contribution in [0.5, 0.6) is 0 Å². The highest BCUT2D eigenvalue weighted by molar-refractivity contribution is 7.10. The van der Waals surface area contributed by atoms with Gasteiger partial charge in [-0.2, -0.15) is 0 Å². The van der Waals surface area contributed by atoms with Crippen molar-refractivity contribution in [1.82, 2.24) is 0 Å². The molecule has 1 aromatic heterocycles. The predicted molar refractivity (Wildman–Crippen MR) is 59.2 cm³/mol. The summed E-state index contributed by atoms with van der Waals surface area (Å²) >= 11 is 1.63. The summed E-state index contributed by atoms with van der Waals surface area (Å²) in [4.78, 5) is 1.10. The molecule has 0 spiro atoms. The van der Waals surface area contributed by atoms with E-state index in [1.165, 1.54) is 12.8 Å². The molecular weight excluding hydrogens is 194 g/mol. The minimum Gasteiger partial charge on any atom is -0.391 e. The fourth-order valence-corrected chi connectivity index (χ4v) is 3.01. The SMILES string of the molecule is NC(c1cccs1)C(O)C1CCCC1. The molecule has 1 saturated carbocycles. The van der Waals surface area contributed by atoms with Gasteiger partial charge >= 0.3 is 0 Å². The Labute approximate surface area is 88.8 Å². The second kappa shape index (κ2) is 4.43. The molecule has 2 unspecified atom stereocenters. The van der Waals surface area contributed by atoms with E-state index in [2.05, 4.69) is 0 Å². The van der Waals surface area contributed by atoms with E-state index < -0.39 is 0 Å². The highest BCUT2D eigenvalue weighted by atomic mass is 32.1. The molecule has 0 aromatic carbocycles. The molecular formula is C11H17NOS. The van der Waals surface area contributed by atoms with E-state index >= 15 is 0 Å². The molecule has 2 atom stereocenters. The maximum absolute atomic E-state index is 10.1. The molecule has 1 aliphatic carbocycles. The van der Waals surface area contributed by atoms with Gasteiger partial charge in [0, 0.05) is 4.88 Å². The standard InChI is InChI=1S/C11H17NOS/c12-10(9-6-3-7-14-9)11(13)8-4-1-2-5-8/h3,6-8,10-11,13H,1-2,4-5,12H2. The summed E-state index contributed by atoms with van der Waals surface area (Å²) in [6, 6.07) is 3.81. The Hall–Kier alpha value is -0.380. The Bertz CT molecular complexity index is 267. The Morgan fingerprint density at radius 3 is 2.71 bits per heavy atom. The molecule has 1 fully saturated rings. The summed E-state index contributed by atoms with van der Waals surface area (Å²) in [6.45, 7) is 0. The lowest BCUT2D eigenvalue weighted by Gasteiger charge is -2.23. The van der Waals surface area contributed by atoms with Crippen molar-refractivity contribution in [3.05, 3.63) is 22.4 Å². The summed E-state index contributed by atoms with van der Waals surface area (Å²) < 4.78 is 0. The normalized spacial score (nSPS) is 22.4. The van der Waals surface area contributed by atoms with Gasteiger partial charge in [0.25, 0.3) is 0 Å². The molecule has 78 valence electrons. The van der Waals surface area contributed by atoms with E-state index in [-0.39, 0.29) is 12.1 Å². The first-order valence-electron chi connectivity index (χ1n) is 5.26. The molecule has 2 nitrogen and oxygen atoms in total. The Morgan fingerprint density at radius 1 is 1.43 bits per heavy atom. The van der Waals surface area contributed by atoms with Crippen LogP contribution < -0.4 is 5.73 Å². The van der Waals surface area contributed by atoms with E-state index in [9.17, 15) is 5.11 Å². The molecule has 14 heavy (non-hydrogen) atoms. The highest BCUT2D eigenvalue weighted by Gasteiger charge is 2.28. The summed E-state index contributed by atoms with van der Waals surface area (Å²) in [5, 5.41) is 12.1. The van der Waals surface area contributed by atoms with Crippen LogP contribution in [0.3, 0.4) is 0 Å². The van der Waals surface area contributed by atoms with Crippen LogP contribution in [0, 0.1) is 5.92 Å². The fourth-order valence-electron chi connectivity index (χ4n) is 2.24. The summed E-state index contributed by atoms with van der Waals surface area (Å²) in [5.41, 5.74) is 6.02. The number of hydrogen-bond donors (Lipinski definition) is 2. The van der Waals surface area contributed by atoms with Gasteiger partial charge in [0.1, 0.15) is 0 Å². The molecule has 0 amide bonds. The number of nitrogens with two attached hydrogens (primary N) is 1. The lowest BCUT2D eigenvalue weighted by atomic mass is 9.94. The van der Waals surface area contributed by atoms with Gasteiger partial charge < -0.3 is 10.8 Å². The van der Waals surface area contributed by atoms with Crippen LogP contribution in [0.25, 0.3) is 0 Å². The minimum atomic E-state index is -0.351. The van der Waals surface area contributed by atoms with Crippen molar-refractivity contribution >= 4 is 11.3 Å². The van der Waals surface area contributed by atoms with Gasteiger partial charge in [0.15, 0.2) is 0 Å².